The van der Waals surface area contributed by atoms with Crippen molar-refractivity contribution < 1.29 is 23.5 Å². The first-order chi connectivity index (χ1) is 13.1. The van der Waals surface area contributed by atoms with Gasteiger partial charge in [0.05, 0.1) is 17.0 Å². The van der Waals surface area contributed by atoms with Gasteiger partial charge in [-0.25, -0.2) is 9.59 Å². The lowest BCUT2D eigenvalue weighted by Crippen LogP contribution is -2.14. The molecule has 1 aromatic carbocycles. The molecular weight excluding hydrogens is 370 g/mol. The first-order valence-corrected chi connectivity index (χ1v) is 9.07. The number of amides is 1. The molecule has 8 nitrogen and oxygen atoms in total. The van der Waals surface area contributed by atoms with Gasteiger partial charge in [0, 0.05) is 5.69 Å². The molecule has 0 aliphatic carbocycles. The Balaban J connectivity index is 1.65. The Morgan fingerprint density at radius 3 is 2.85 bits per heavy atom. The van der Waals surface area contributed by atoms with Crippen LogP contribution in [-0.4, -0.2) is 28.9 Å². The predicted molar refractivity (Wildman–Crippen MR) is 98.5 cm³/mol. The molecule has 1 unspecified atom stereocenters. The van der Waals surface area contributed by atoms with Crippen molar-refractivity contribution >= 4 is 29.1 Å². The lowest BCUT2D eigenvalue weighted by atomic mass is 10.2. The highest BCUT2D eigenvalue weighted by molar-refractivity contribution is 7.13. The summed E-state index contributed by atoms with van der Waals surface area (Å²) in [5, 5.41) is 12.3. The first kappa shape index (κ1) is 18.6. The number of anilines is 1. The van der Waals surface area contributed by atoms with Gasteiger partial charge >= 0.3 is 12.1 Å². The van der Waals surface area contributed by atoms with E-state index in [4.69, 9.17) is 13.9 Å². The normalized spacial score (nSPS) is 11.6. The number of aromatic nitrogens is 2. The smallest absolute Gasteiger partial charge is 0.411 e. The molecule has 140 valence electrons. The van der Waals surface area contributed by atoms with Gasteiger partial charge in [-0.1, -0.05) is 12.1 Å². The minimum Gasteiger partial charge on any atom is -0.450 e. The molecule has 0 spiro atoms. The van der Waals surface area contributed by atoms with Crippen LogP contribution in [0.3, 0.4) is 0 Å². The number of rotatable bonds is 6. The summed E-state index contributed by atoms with van der Waals surface area (Å²) in [6.07, 6.45) is -1.32. The second-order valence-corrected chi connectivity index (χ2v) is 6.34. The molecule has 0 bridgehead atoms. The minimum absolute atomic E-state index is 0.201. The topological polar surface area (TPSA) is 104 Å². The van der Waals surface area contributed by atoms with Crippen LogP contribution in [0.15, 0.2) is 46.2 Å². The highest BCUT2D eigenvalue weighted by atomic mass is 32.1. The minimum atomic E-state index is -0.722. The molecule has 1 N–H and O–H groups in total. The molecular formula is C18H17N3O5S. The summed E-state index contributed by atoms with van der Waals surface area (Å²) < 4.78 is 15.8. The van der Waals surface area contributed by atoms with Crippen molar-refractivity contribution in [2.45, 2.75) is 20.0 Å². The maximum Gasteiger partial charge on any atom is 0.411 e. The molecule has 2 heterocycles. The van der Waals surface area contributed by atoms with E-state index < -0.39 is 18.2 Å². The number of hydrogen-bond donors (Lipinski definition) is 1. The van der Waals surface area contributed by atoms with Gasteiger partial charge in [-0.2, -0.15) is 0 Å². The Morgan fingerprint density at radius 2 is 2.11 bits per heavy atom. The fourth-order valence-electron chi connectivity index (χ4n) is 2.19. The predicted octanol–water partition coefficient (Wildman–Crippen LogP) is 4.28. The van der Waals surface area contributed by atoms with Crippen LogP contribution in [0.4, 0.5) is 10.5 Å². The number of esters is 1. The zero-order valence-corrected chi connectivity index (χ0v) is 15.5. The molecule has 3 aromatic rings. The van der Waals surface area contributed by atoms with E-state index >= 15 is 0 Å². The highest BCUT2D eigenvalue weighted by Gasteiger charge is 2.20. The number of carbonyl (C=O) groups is 2. The van der Waals surface area contributed by atoms with E-state index in [0.29, 0.717) is 11.6 Å². The van der Waals surface area contributed by atoms with E-state index in [1.165, 1.54) is 17.4 Å². The summed E-state index contributed by atoms with van der Waals surface area (Å²) in [5.41, 5.74) is 0.697. The van der Waals surface area contributed by atoms with Gasteiger partial charge < -0.3 is 13.9 Å². The summed E-state index contributed by atoms with van der Waals surface area (Å²) in [7, 11) is 0. The molecule has 9 heteroatoms. The van der Waals surface area contributed by atoms with E-state index in [2.05, 4.69) is 15.5 Å². The van der Waals surface area contributed by atoms with Crippen LogP contribution in [0.5, 0.6) is 0 Å². The summed E-state index contributed by atoms with van der Waals surface area (Å²) in [6.45, 7) is 3.60. The van der Waals surface area contributed by atoms with Gasteiger partial charge in [0.2, 0.25) is 0 Å². The standard InChI is InChI=1S/C18H17N3O5S/c1-3-24-18(23)19-13-7-4-6-12(10-13)17(22)25-11(2)15-20-21-16(26-15)14-8-5-9-27-14/h4-11H,3H2,1-2H3,(H,19,23). The summed E-state index contributed by atoms with van der Waals surface area (Å²) in [6, 6.07) is 10.1. The Bertz CT molecular complexity index is 923. The van der Waals surface area contributed by atoms with Crippen LogP contribution in [0.1, 0.15) is 36.2 Å². The fraction of sp³-hybridized carbons (Fsp3) is 0.222. The average Bonchev–Trinajstić information content (AvgIpc) is 3.33. The summed E-state index contributed by atoms with van der Waals surface area (Å²) >= 11 is 1.47. The third-order valence-electron chi connectivity index (χ3n) is 3.42. The Kier molecular flexibility index (Phi) is 5.82. The number of carbonyl (C=O) groups excluding carboxylic acids is 2. The highest BCUT2D eigenvalue weighted by Crippen LogP contribution is 2.26. The Morgan fingerprint density at radius 1 is 1.26 bits per heavy atom. The molecule has 27 heavy (non-hydrogen) atoms. The number of thiophene rings is 1. The van der Waals surface area contributed by atoms with Crippen LogP contribution < -0.4 is 5.32 Å². The Hall–Kier alpha value is -3.20. The zero-order chi connectivity index (χ0) is 19.2. The summed E-state index contributed by atoms with van der Waals surface area (Å²) in [5.74, 6) is 0.00182. The van der Waals surface area contributed by atoms with E-state index in [9.17, 15) is 9.59 Å². The van der Waals surface area contributed by atoms with E-state index in [1.54, 1.807) is 32.0 Å². The van der Waals surface area contributed by atoms with Crippen LogP contribution in [-0.2, 0) is 9.47 Å². The largest absolute Gasteiger partial charge is 0.450 e. The average molecular weight is 387 g/mol. The second kappa shape index (κ2) is 8.45. The van der Waals surface area contributed by atoms with E-state index in [-0.39, 0.29) is 18.1 Å². The monoisotopic (exact) mass is 387 g/mol. The van der Waals surface area contributed by atoms with Gasteiger partial charge in [0.15, 0.2) is 6.10 Å². The van der Waals surface area contributed by atoms with Crippen LogP contribution >= 0.6 is 11.3 Å². The number of nitrogens with one attached hydrogen (secondary N) is 1. The fourth-order valence-corrected chi connectivity index (χ4v) is 2.83. The second-order valence-electron chi connectivity index (χ2n) is 5.40. The third-order valence-corrected chi connectivity index (χ3v) is 4.28. The molecule has 0 saturated heterocycles. The number of hydrogen-bond acceptors (Lipinski definition) is 8. The zero-order valence-electron chi connectivity index (χ0n) is 14.7. The Labute approximate surface area is 159 Å². The number of benzene rings is 1. The third kappa shape index (κ3) is 4.70. The van der Waals surface area contributed by atoms with E-state index in [1.807, 2.05) is 17.5 Å². The molecule has 0 aliphatic heterocycles. The van der Waals surface area contributed by atoms with Crippen molar-refractivity contribution in [1.29, 1.82) is 0 Å². The van der Waals surface area contributed by atoms with Crippen molar-refractivity contribution in [3.8, 4) is 10.8 Å². The van der Waals surface area contributed by atoms with Crippen molar-refractivity contribution in [3.63, 3.8) is 0 Å². The van der Waals surface area contributed by atoms with Crippen molar-refractivity contribution in [3.05, 3.63) is 53.2 Å². The van der Waals surface area contributed by atoms with Gasteiger partial charge in [-0.3, -0.25) is 5.32 Å². The molecule has 1 atom stereocenters. The molecule has 1 amide bonds. The lowest BCUT2D eigenvalue weighted by Gasteiger charge is -2.10. The SMILES string of the molecule is CCOC(=O)Nc1cccc(C(=O)OC(C)c2nnc(-c3cccs3)o2)c1. The van der Waals surface area contributed by atoms with Crippen LogP contribution in [0.25, 0.3) is 10.8 Å². The maximum absolute atomic E-state index is 12.4. The van der Waals surface area contributed by atoms with E-state index in [0.717, 1.165) is 4.88 Å². The molecule has 0 saturated carbocycles. The first-order valence-electron chi connectivity index (χ1n) is 8.19. The molecule has 3 rings (SSSR count). The lowest BCUT2D eigenvalue weighted by molar-refractivity contribution is 0.0280. The van der Waals surface area contributed by atoms with Crippen molar-refractivity contribution in [2.75, 3.05) is 11.9 Å². The molecule has 2 aromatic heterocycles. The van der Waals surface area contributed by atoms with Crippen molar-refractivity contribution in [2.24, 2.45) is 0 Å². The number of ether oxygens (including phenoxy) is 2. The van der Waals surface area contributed by atoms with Crippen molar-refractivity contribution in [1.82, 2.24) is 10.2 Å². The summed E-state index contributed by atoms with van der Waals surface area (Å²) in [4.78, 5) is 24.7. The van der Waals surface area contributed by atoms with Gasteiger partial charge in [-0.15, -0.1) is 21.5 Å². The quantitative estimate of drug-likeness (QED) is 0.629. The van der Waals surface area contributed by atoms with Crippen LogP contribution in [0, 0.1) is 0 Å². The maximum atomic E-state index is 12.4. The molecule has 0 radical (unpaired) electrons. The number of nitrogens with zero attached hydrogens (tertiary/aromatic N) is 2. The molecule has 0 aliphatic rings. The van der Waals surface area contributed by atoms with Gasteiger partial charge in [0.25, 0.3) is 11.8 Å². The van der Waals surface area contributed by atoms with Crippen LogP contribution in [0.2, 0.25) is 0 Å². The molecule has 0 fully saturated rings. The van der Waals surface area contributed by atoms with Gasteiger partial charge in [-0.05, 0) is 43.5 Å². The van der Waals surface area contributed by atoms with Gasteiger partial charge in [0.1, 0.15) is 0 Å².